The van der Waals surface area contributed by atoms with E-state index in [9.17, 15) is 9.59 Å². The van der Waals surface area contributed by atoms with Crippen LogP contribution >= 0.6 is 18.9 Å². The number of carbonyl (C=O) groups is 2. The van der Waals surface area contributed by atoms with Crippen LogP contribution < -0.4 is 25.4 Å². The van der Waals surface area contributed by atoms with Crippen molar-refractivity contribution in [1.82, 2.24) is 0 Å². The summed E-state index contributed by atoms with van der Waals surface area (Å²) in [5, 5.41) is 12.3. The minimum atomic E-state index is -2.18. The Morgan fingerprint density at radius 2 is 1.39 bits per heavy atom. The highest BCUT2D eigenvalue weighted by Crippen LogP contribution is 2.52. The molecule has 0 saturated carbocycles. The molecule has 5 nitrogen and oxygen atoms in total. The molecule has 0 spiro atoms. The van der Waals surface area contributed by atoms with Gasteiger partial charge in [0.05, 0.1) is 24.4 Å². The van der Waals surface area contributed by atoms with E-state index in [2.05, 4.69) is 30.9 Å². The third-order valence-electron chi connectivity index (χ3n) is 6.27. The SMILES string of the molecule is C[P+](c1ccccc1)(c1ccccc1)c1ccccc1C(=O)c1ccc(OCC(=O)O)cc1OCCCCl. The number of benzene rings is 4. The van der Waals surface area contributed by atoms with Crippen LogP contribution in [-0.4, -0.2) is 42.6 Å². The largest absolute Gasteiger partial charge is 0.493 e. The molecule has 1 N–H and O–H groups in total. The summed E-state index contributed by atoms with van der Waals surface area (Å²) in [4.78, 5) is 25.2. The van der Waals surface area contributed by atoms with Crippen LogP contribution in [0.15, 0.2) is 103 Å². The summed E-state index contributed by atoms with van der Waals surface area (Å²) < 4.78 is 11.3. The number of ketones is 1. The van der Waals surface area contributed by atoms with E-state index in [4.69, 9.17) is 26.2 Å². The number of carboxylic acid groups (broad SMARTS) is 1. The molecule has 4 aromatic rings. The fourth-order valence-electron chi connectivity index (χ4n) is 4.36. The monoisotopic (exact) mass is 547 g/mol. The predicted molar refractivity (Wildman–Crippen MR) is 155 cm³/mol. The van der Waals surface area contributed by atoms with E-state index in [-0.39, 0.29) is 5.78 Å². The molecule has 38 heavy (non-hydrogen) atoms. The van der Waals surface area contributed by atoms with Gasteiger partial charge in [-0.3, -0.25) is 4.79 Å². The van der Waals surface area contributed by atoms with Crippen molar-refractivity contribution >= 4 is 46.5 Å². The summed E-state index contributed by atoms with van der Waals surface area (Å²) in [5.74, 6) is -0.211. The van der Waals surface area contributed by atoms with Gasteiger partial charge in [-0.15, -0.1) is 11.6 Å². The maximum absolute atomic E-state index is 14.2. The fourth-order valence-corrected chi connectivity index (χ4v) is 7.90. The van der Waals surface area contributed by atoms with Gasteiger partial charge in [0.25, 0.3) is 0 Å². The Kier molecular flexibility index (Phi) is 9.17. The Bertz CT molecular complexity index is 1350. The molecule has 0 aliphatic carbocycles. The van der Waals surface area contributed by atoms with Gasteiger partial charge in [0, 0.05) is 11.9 Å². The van der Waals surface area contributed by atoms with Crippen LogP contribution in [0.5, 0.6) is 11.5 Å². The van der Waals surface area contributed by atoms with Gasteiger partial charge in [0.2, 0.25) is 5.78 Å². The quantitative estimate of drug-likeness (QED) is 0.113. The second-order valence-electron chi connectivity index (χ2n) is 8.75. The van der Waals surface area contributed by atoms with Crippen molar-refractivity contribution in [3.05, 3.63) is 114 Å². The highest BCUT2D eigenvalue weighted by Gasteiger charge is 2.43. The Labute approximate surface area is 228 Å². The van der Waals surface area contributed by atoms with E-state index in [1.807, 2.05) is 60.7 Å². The molecular formula is C31H29ClO5P+. The molecule has 0 bridgehead atoms. The van der Waals surface area contributed by atoms with Gasteiger partial charge in [0.15, 0.2) is 6.61 Å². The van der Waals surface area contributed by atoms with Crippen molar-refractivity contribution in [2.75, 3.05) is 25.8 Å². The minimum absolute atomic E-state index is 0.177. The van der Waals surface area contributed by atoms with Gasteiger partial charge in [-0.05, 0) is 55.0 Å². The molecule has 0 radical (unpaired) electrons. The third kappa shape index (κ3) is 6.07. The van der Waals surface area contributed by atoms with E-state index in [0.29, 0.717) is 41.5 Å². The van der Waals surface area contributed by atoms with E-state index in [1.165, 1.54) is 10.6 Å². The third-order valence-corrected chi connectivity index (χ3v) is 10.6. The Hall–Kier alpha value is -3.66. The zero-order chi connectivity index (χ0) is 27.0. The molecule has 194 valence electrons. The van der Waals surface area contributed by atoms with Gasteiger partial charge >= 0.3 is 5.97 Å². The Balaban J connectivity index is 1.83. The van der Waals surface area contributed by atoms with E-state index >= 15 is 0 Å². The van der Waals surface area contributed by atoms with Gasteiger partial charge < -0.3 is 14.6 Å². The topological polar surface area (TPSA) is 72.8 Å². The Morgan fingerprint density at radius 1 is 0.789 bits per heavy atom. The number of hydrogen-bond donors (Lipinski definition) is 1. The molecule has 0 fully saturated rings. The van der Waals surface area contributed by atoms with Crippen LogP contribution in [0.4, 0.5) is 0 Å². The first-order valence-corrected chi connectivity index (χ1v) is 15.0. The number of rotatable bonds is 12. The predicted octanol–water partition coefficient (Wildman–Crippen LogP) is 5.31. The minimum Gasteiger partial charge on any atom is -0.493 e. The second-order valence-corrected chi connectivity index (χ2v) is 12.7. The number of hydrogen-bond acceptors (Lipinski definition) is 4. The molecule has 0 unspecified atom stereocenters. The average molecular weight is 548 g/mol. The van der Waals surface area contributed by atoms with Crippen molar-refractivity contribution in [2.45, 2.75) is 6.42 Å². The van der Waals surface area contributed by atoms with Gasteiger partial charge in [0.1, 0.15) is 34.7 Å². The molecule has 0 atom stereocenters. The number of aliphatic carboxylic acids is 1. The molecule has 4 aromatic carbocycles. The zero-order valence-corrected chi connectivity index (χ0v) is 22.7. The first kappa shape index (κ1) is 27.4. The lowest BCUT2D eigenvalue weighted by molar-refractivity contribution is -0.139. The van der Waals surface area contributed by atoms with Crippen molar-refractivity contribution in [2.24, 2.45) is 0 Å². The highest BCUT2D eigenvalue weighted by atomic mass is 35.5. The average Bonchev–Trinajstić information content (AvgIpc) is 2.96. The maximum atomic E-state index is 14.2. The molecule has 0 saturated heterocycles. The summed E-state index contributed by atoms with van der Waals surface area (Å²) in [5.41, 5.74) is 0.972. The molecule has 7 heteroatoms. The van der Waals surface area contributed by atoms with E-state index in [1.54, 1.807) is 18.2 Å². The standard InChI is InChI=1S/C31H28ClO5P/c1-38(24-11-4-2-5-12-24,25-13-6-3-7-14-25)29-16-9-8-15-27(29)31(35)26-18-17-23(37-22-30(33)34)21-28(26)36-20-10-19-32/h2-9,11-18,21H,10,19-20,22H2,1H3/p+1. The van der Waals surface area contributed by atoms with Gasteiger partial charge in [-0.2, -0.15) is 0 Å². The molecule has 0 amide bonds. The molecule has 0 aliphatic rings. The van der Waals surface area contributed by atoms with Crippen LogP contribution in [0.3, 0.4) is 0 Å². The lowest BCUT2D eigenvalue weighted by atomic mass is 10.0. The van der Waals surface area contributed by atoms with Gasteiger partial charge in [-0.1, -0.05) is 48.5 Å². The Morgan fingerprint density at radius 3 is 2.00 bits per heavy atom. The van der Waals surface area contributed by atoms with Gasteiger partial charge in [-0.25, -0.2) is 4.79 Å². The first-order chi connectivity index (χ1) is 18.4. The van der Waals surface area contributed by atoms with Crippen molar-refractivity contribution in [3.8, 4) is 11.5 Å². The second kappa shape index (κ2) is 12.7. The number of carboxylic acids is 1. The van der Waals surface area contributed by atoms with Crippen molar-refractivity contribution in [1.29, 1.82) is 0 Å². The zero-order valence-electron chi connectivity index (χ0n) is 21.0. The summed E-state index contributed by atoms with van der Waals surface area (Å²) in [6, 6.07) is 33.1. The van der Waals surface area contributed by atoms with Crippen molar-refractivity contribution < 1.29 is 24.2 Å². The lowest BCUT2D eigenvalue weighted by Gasteiger charge is -2.25. The van der Waals surface area contributed by atoms with Crippen LogP contribution in [-0.2, 0) is 4.79 Å². The number of halogens is 1. The summed E-state index contributed by atoms with van der Waals surface area (Å²) >= 11 is 5.84. The van der Waals surface area contributed by atoms with Crippen molar-refractivity contribution in [3.63, 3.8) is 0 Å². The first-order valence-electron chi connectivity index (χ1n) is 12.2. The summed E-state index contributed by atoms with van der Waals surface area (Å²) in [6.07, 6.45) is 0.595. The van der Waals surface area contributed by atoms with Crippen LogP contribution in [0.25, 0.3) is 0 Å². The highest BCUT2D eigenvalue weighted by molar-refractivity contribution is 7.95. The van der Waals surface area contributed by atoms with E-state index < -0.39 is 19.8 Å². The summed E-state index contributed by atoms with van der Waals surface area (Å²) in [6.45, 7) is 2.06. The van der Waals surface area contributed by atoms with E-state index in [0.717, 1.165) is 5.30 Å². The van der Waals surface area contributed by atoms with Crippen LogP contribution in [0, 0.1) is 0 Å². The van der Waals surface area contributed by atoms with Crippen LogP contribution in [0.2, 0.25) is 0 Å². The number of alkyl halides is 1. The molecule has 4 rings (SSSR count). The number of ether oxygens (including phenoxy) is 2. The number of carbonyl (C=O) groups excluding carboxylic acids is 1. The molecule has 0 aliphatic heterocycles. The maximum Gasteiger partial charge on any atom is 0.341 e. The molecular weight excluding hydrogens is 519 g/mol. The lowest BCUT2D eigenvalue weighted by Crippen LogP contribution is -2.33. The molecule has 0 heterocycles. The smallest absolute Gasteiger partial charge is 0.341 e. The van der Waals surface area contributed by atoms with Crippen LogP contribution in [0.1, 0.15) is 22.3 Å². The normalized spacial score (nSPS) is 11.1. The fraction of sp³-hybridized carbons (Fsp3) is 0.161. The summed E-state index contributed by atoms with van der Waals surface area (Å²) in [7, 11) is -2.18. The molecule has 0 aromatic heterocycles.